The normalized spacial score (nSPS) is 10.5. The highest BCUT2D eigenvalue weighted by Crippen LogP contribution is 2.11. The number of hydrogen-bond donors (Lipinski definition) is 0. The van der Waals surface area contributed by atoms with Gasteiger partial charge in [0.15, 0.2) is 5.75 Å². The summed E-state index contributed by atoms with van der Waals surface area (Å²) in [6, 6.07) is 7.85. The van der Waals surface area contributed by atoms with E-state index in [1.807, 2.05) is 0 Å². The molecule has 1 heterocycles. The van der Waals surface area contributed by atoms with E-state index in [4.69, 9.17) is 16.3 Å². The van der Waals surface area contributed by atoms with Crippen molar-refractivity contribution in [3.63, 3.8) is 0 Å². The maximum Gasteiger partial charge on any atom is 0.307 e. The van der Waals surface area contributed by atoms with Gasteiger partial charge in [-0.25, -0.2) is 9.36 Å². The molecule has 0 aliphatic carbocycles. The first-order valence-corrected chi connectivity index (χ1v) is 6.14. The Morgan fingerprint density at radius 3 is 2.42 bits per heavy atom. The molecule has 0 saturated carbocycles. The van der Waals surface area contributed by atoms with E-state index in [0.717, 1.165) is 0 Å². The van der Waals surface area contributed by atoms with Crippen LogP contribution in [0, 0.1) is 0 Å². The molecule has 2 aromatic rings. The Bertz CT molecular complexity index is 701. The largest absolute Gasteiger partial charge is 0.488 e. The van der Waals surface area contributed by atoms with Crippen LogP contribution in [0.15, 0.2) is 39.9 Å². The summed E-state index contributed by atoms with van der Waals surface area (Å²) in [6.07, 6.45) is 0. The van der Waals surface area contributed by atoms with Crippen LogP contribution in [0.3, 0.4) is 0 Å². The van der Waals surface area contributed by atoms with Gasteiger partial charge in [0.2, 0.25) is 0 Å². The molecule has 0 aliphatic rings. The van der Waals surface area contributed by atoms with Gasteiger partial charge in [-0.05, 0) is 31.2 Å². The Balaban J connectivity index is 2.65. The fraction of sp³-hybridized carbons (Fsp3) is 0.231. The van der Waals surface area contributed by atoms with Crippen LogP contribution >= 0.6 is 11.6 Å². The minimum absolute atomic E-state index is 0.0558. The SMILES string of the molecule is CCOc1cc(=O)n(-c2ccc(Cl)cc2)n(C)c1=O. The van der Waals surface area contributed by atoms with Crippen LogP contribution in [0.1, 0.15) is 6.92 Å². The summed E-state index contributed by atoms with van der Waals surface area (Å²) in [7, 11) is 1.51. The van der Waals surface area contributed by atoms with E-state index in [2.05, 4.69) is 0 Å². The molecule has 0 bridgehead atoms. The van der Waals surface area contributed by atoms with Gasteiger partial charge in [-0.3, -0.25) is 9.59 Å². The van der Waals surface area contributed by atoms with Crippen molar-refractivity contribution in [2.45, 2.75) is 6.92 Å². The minimum atomic E-state index is -0.364. The third kappa shape index (κ3) is 2.56. The fourth-order valence-electron chi connectivity index (χ4n) is 1.77. The van der Waals surface area contributed by atoms with Crippen LogP contribution in [0.25, 0.3) is 5.69 Å². The first-order valence-electron chi connectivity index (χ1n) is 5.76. The van der Waals surface area contributed by atoms with Crippen molar-refractivity contribution >= 4 is 11.6 Å². The molecular weight excluding hydrogens is 268 g/mol. The average Bonchev–Trinajstić information content (AvgIpc) is 2.38. The molecule has 2 rings (SSSR count). The second-order valence-corrected chi connectivity index (χ2v) is 4.33. The summed E-state index contributed by atoms with van der Waals surface area (Å²) >= 11 is 5.80. The summed E-state index contributed by atoms with van der Waals surface area (Å²) < 4.78 is 7.62. The molecule has 0 radical (unpaired) electrons. The second kappa shape index (κ2) is 5.32. The van der Waals surface area contributed by atoms with Crippen molar-refractivity contribution in [3.8, 4) is 11.4 Å². The van der Waals surface area contributed by atoms with E-state index in [9.17, 15) is 9.59 Å². The van der Waals surface area contributed by atoms with Gasteiger partial charge >= 0.3 is 5.56 Å². The van der Waals surface area contributed by atoms with E-state index in [1.54, 1.807) is 31.2 Å². The quantitative estimate of drug-likeness (QED) is 0.858. The lowest BCUT2D eigenvalue weighted by molar-refractivity contribution is 0.327. The molecule has 0 aliphatic heterocycles. The van der Waals surface area contributed by atoms with Gasteiger partial charge in [0.05, 0.1) is 18.4 Å². The van der Waals surface area contributed by atoms with Crippen molar-refractivity contribution in [2.75, 3.05) is 6.61 Å². The van der Waals surface area contributed by atoms with Gasteiger partial charge in [-0.1, -0.05) is 11.6 Å². The van der Waals surface area contributed by atoms with E-state index in [0.29, 0.717) is 17.3 Å². The van der Waals surface area contributed by atoms with Crippen molar-refractivity contribution in [3.05, 3.63) is 56.1 Å². The van der Waals surface area contributed by atoms with Gasteiger partial charge < -0.3 is 4.74 Å². The molecule has 6 heteroatoms. The summed E-state index contributed by atoms with van der Waals surface area (Å²) in [6.45, 7) is 2.09. The Kier molecular flexibility index (Phi) is 3.76. The van der Waals surface area contributed by atoms with Crippen LogP contribution in [0.4, 0.5) is 0 Å². The monoisotopic (exact) mass is 280 g/mol. The molecule has 0 saturated heterocycles. The summed E-state index contributed by atoms with van der Waals surface area (Å²) in [5.74, 6) is 0.0558. The van der Waals surface area contributed by atoms with Gasteiger partial charge in [0, 0.05) is 12.1 Å². The van der Waals surface area contributed by atoms with Gasteiger partial charge in [-0.2, -0.15) is 0 Å². The second-order valence-electron chi connectivity index (χ2n) is 3.90. The lowest BCUT2D eigenvalue weighted by Crippen LogP contribution is -2.35. The summed E-state index contributed by atoms with van der Waals surface area (Å²) in [5, 5.41) is 0.563. The van der Waals surface area contributed by atoms with Crippen LogP contribution in [0.2, 0.25) is 5.02 Å². The first-order chi connectivity index (χ1) is 9.04. The Labute approximate surface area is 114 Å². The summed E-state index contributed by atoms with van der Waals surface area (Å²) in [4.78, 5) is 24.1. The third-order valence-corrected chi connectivity index (χ3v) is 2.89. The number of rotatable bonds is 3. The number of benzene rings is 1. The molecule has 0 amide bonds. The van der Waals surface area contributed by atoms with Crippen LogP contribution in [-0.2, 0) is 7.05 Å². The molecule has 5 nitrogen and oxygen atoms in total. The fourth-order valence-corrected chi connectivity index (χ4v) is 1.90. The molecular formula is C13H13ClN2O3. The van der Waals surface area contributed by atoms with E-state index in [-0.39, 0.29) is 16.9 Å². The smallest absolute Gasteiger partial charge is 0.307 e. The minimum Gasteiger partial charge on any atom is -0.488 e. The average molecular weight is 281 g/mol. The van der Waals surface area contributed by atoms with E-state index >= 15 is 0 Å². The highest BCUT2D eigenvalue weighted by molar-refractivity contribution is 6.30. The highest BCUT2D eigenvalue weighted by Gasteiger charge is 2.10. The maximum absolute atomic E-state index is 12.1. The van der Waals surface area contributed by atoms with Crippen molar-refractivity contribution in [2.24, 2.45) is 7.05 Å². The first kappa shape index (κ1) is 13.4. The number of halogens is 1. The van der Waals surface area contributed by atoms with Crippen molar-refractivity contribution in [1.29, 1.82) is 0 Å². The zero-order valence-electron chi connectivity index (χ0n) is 10.6. The lowest BCUT2D eigenvalue weighted by atomic mass is 10.3. The molecule has 100 valence electrons. The molecule has 1 aromatic heterocycles. The Morgan fingerprint density at radius 1 is 1.21 bits per heavy atom. The zero-order chi connectivity index (χ0) is 14.0. The summed E-state index contributed by atoms with van der Waals surface area (Å²) in [5.41, 5.74) is -0.138. The molecule has 0 N–H and O–H groups in total. The molecule has 0 atom stereocenters. The van der Waals surface area contributed by atoms with Crippen LogP contribution in [0.5, 0.6) is 5.75 Å². The standard InChI is InChI=1S/C13H13ClN2O3/c1-3-19-11-8-12(17)16(15(2)13(11)18)10-6-4-9(14)5-7-10/h4-8H,3H2,1-2H3. The number of ether oxygens (including phenoxy) is 1. The predicted octanol–water partition coefficient (Wildman–Crippen LogP) is 1.59. The Hall–Kier alpha value is -2.01. The van der Waals surface area contributed by atoms with E-state index < -0.39 is 0 Å². The number of hydrogen-bond acceptors (Lipinski definition) is 3. The van der Waals surface area contributed by atoms with Crippen LogP contribution < -0.4 is 15.9 Å². The van der Waals surface area contributed by atoms with Crippen LogP contribution in [-0.4, -0.2) is 16.0 Å². The van der Waals surface area contributed by atoms with Gasteiger partial charge in [-0.15, -0.1) is 0 Å². The maximum atomic E-state index is 12.1. The topological polar surface area (TPSA) is 53.2 Å². The number of aromatic nitrogens is 2. The van der Waals surface area contributed by atoms with Crippen molar-refractivity contribution in [1.82, 2.24) is 9.36 Å². The molecule has 19 heavy (non-hydrogen) atoms. The Morgan fingerprint density at radius 2 is 1.84 bits per heavy atom. The zero-order valence-corrected chi connectivity index (χ0v) is 11.3. The number of nitrogens with zero attached hydrogens (tertiary/aromatic N) is 2. The molecule has 0 unspecified atom stereocenters. The van der Waals surface area contributed by atoms with E-state index in [1.165, 1.54) is 22.5 Å². The highest BCUT2D eigenvalue weighted by atomic mass is 35.5. The molecule has 1 aromatic carbocycles. The van der Waals surface area contributed by atoms with Gasteiger partial charge in [0.1, 0.15) is 0 Å². The van der Waals surface area contributed by atoms with Gasteiger partial charge in [0.25, 0.3) is 5.56 Å². The lowest BCUT2D eigenvalue weighted by Gasteiger charge is -2.13. The third-order valence-electron chi connectivity index (χ3n) is 2.64. The van der Waals surface area contributed by atoms with Crippen molar-refractivity contribution < 1.29 is 4.74 Å². The molecule has 0 spiro atoms. The molecule has 0 fully saturated rings. The predicted molar refractivity (Wildman–Crippen MR) is 73.5 cm³/mol.